The molecular weight excluding hydrogens is 358 g/mol. The number of likely N-dealkylation sites (tertiary alicyclic amines) is 2. The highest BCUT2D eigenvalue weighted by Gasteiger charge is 2.43. The summed E-state index contributed by atoms with van der Waals surface area (Å²) in [5.41, 5.74) is 2.20. The molecule has 2 aliphatic heterocycles. The van der Waals surface area contributed by atoms with Crippen LogP contribution in [0.1, 0.15) is 18.9 Å². The Morgan fingerprint density at radius 3 is 2.85 bits per heavy atom. The molecule has 0 spiro atoms. The number of fused-ring (bicyclic) bond motifs is 3. The van der Waals surface area contributed by atoms with Crippen LogP contribution in [0.2, 0.25) is 0 Å². The molecule has 5 nitrogen and oxygen atoms in total. The minimum Gasteiger partial charge on any atom is -0.431 e. The van der Waals surface area contributed by atoms with Gasteiger partial charge in [-0.25, -0.2) is 4.98 Å². The summed E-state index contributed by atoms with van der Waals surface area (Å²) < 4.78 is 7.15. The highest BCUT2D eigenvalue weighted by molar-refractivity contribution is 7.20. The van der Waals surface area contributed by atoms with Crippen molar-refractivity contribution in [1.29, 1.82) is 0 Å². The van der Waals surface area contributed by atoms with Crippen molar-refractivity contribution in [2.24, 2.45) is 0 Å². The summed E-state index contributed by atoms with van der Waals surface area (Å²) in [5.74, 6) is 1.02. The molecule has 0 N–H and O–H groups in total. The first-order chi connectivity index (χ1) is 13.2. The maximum atomic E-state index is 11.7. The normalized spacial score (nSPS) is 21.9. The number of thiazole rings is 1. The Balaban J connectivity index is 1.28. The quantitative estimate of drug-likeness (QED) is 0.690. The van der Waals surface area contributed by atoms with Crippen molar-refractivity contribution < 1.29 is 9.53 Å². The highest BCUT2D eigenvalue weighted by atomic mass is 32.1. The van der Waals surface area contributed by atoms with Crippen LogP contribution in [0.5, 0.6) is 10.9 Å². The number of hydrogen-bond acceptors (Lipinski definition) is 5. The fourth-order valence-corrected chi connectivity index (χ4v) is 5.10. The van der Waals surface area contributed by atoms with Gasteiger partial charge in [-0.3, -0.25) is 9.69 Å². The number of carbonyl (C=O) groups is 1. The van der Waals surface area contributed by atoms with Crippen LogP contribution in [0, 0.1) is 0 Å². The predicted molar refractivity (Wildman–Crippen MR) is 106 cm³/mol. The molecule has 6 heteroatoms. The Morgan fingerprint density at radius 1 is 1.19 bits per heavy atom. The number of nitrogens with zero attached hydrogens (tertiary/aromatic N) is 3. The molecule has 2 unspecified atom stereocenters. The van der Waals surface area contributed by atoms with Crippen LogP contribution in [0.25, 0.3) is 10.2 Å². The first kappa shape index (κ1) is 16.7. The Morgan fingerprint density at radius 2 is 2.07 bits per heavy atom. The van der Waals surface area contributed by atoms with E-state index in [4.69, 9.17) is 4.74 Å². The molecule has 2 fully saturated rings. The van der Waals surface area contributed by atoms with Crippen LogP contribution in [-0.2, 0) is 11.3 Å². The van der Waals surface area contributed by atoms with E-state index in [-0.39, 0.29) is 5.91 Å². The lowest BCUT2D eigenvalue weighted by atomic mass is 10.2. The van der Waals surface area contributed by atoms with Gasteiger partial charge in [-0.1, -0.05) is 35.6 Å². The van der Waals surface area contributed by atoms with Gasteiger partial charge < -0.3 is 9.64 Å². The molecule has 2 aliphatic rings. The zero-order valence-electron chi connectivity index (χ0n) is 15.2. The molecule has 3 heterocycles. The Kier molecular flexibility index (Phi) is 4.10. The van der Waals surface area contributed by atoms with Crippen LogP contribution >= 0.6 is 11.3 Å². The molecule has 27 heavy (non-hydrogen) atoms. The van der Waals surface area contributed by atoms with Gasteiger partial charge in [0.2, 0.25) is 5.91 Å². The molecule has 2 atom stereocenters. The van der Waals surface area contributed by atoms with Gasteiger partial charge in [0.1, 0.15) is 5.75 Å². The number of benzene rings is 2. The van der Waals surface area contributed by atoms with Gasteiger partial charge in [0.25, 0.3) is 5.19 Å². The van der Waals surface area contributed by atoms with Crippen molar-refractivity contribution in [2.45, 2.75) is 32.0 Å². The summed E-state index contributed by atoms with van der Waals surface area (Å²) >= 11 is 1.56. The number of para-hydroxylation sites is 1. The minimum atomic E-state index is 0.202. The first-order valence-corrected chi connectivity index (χ1v) is 10.1. The van der Waals surface area contributed by atoms with Gasteiger partial charge >= 0.3 is 0 Å². The number of hydrogen-bond donors (Lipinski definition) is 0. The largest absolute Gasteiger partial charge is 0.431 e. The predicted octanol–water partition coefficient (Wildman–Crippen LogP) is 3.89. The summed E-state index contributed by atoms with van der Waals surface area (Å²) in [6.07, 6.45) is 1.10. The van der Waals surface area contributed by atoms with Crippen LogP contribution in [-0.4, -0.2) is 45.9 Å². The maximum absolute atomic E-state index is 11.7. The van der Waals surface area contributed by atoms with Gasteiger partial charge in [-0.15, -0.1) is 0 Å². The molecule has 2 saturated heterocycles. The van der Waals surface area contributed by atoms with E-state index in [0.29, 0.717) is 17.3 Å². The van der Waals surface area contributed by atoms with Gasteiger partial charge in [-0.2, -0.15) is 0 Å². The standard InChI is InChI=1S/C21H21N3O2S/c1-14(25)24-13-16-10-17(24)12-23(16)11-15-5-4-6-18(9-15)26-21-22-19-7-2-3-8-20(19)27-21/h2-9,16-17H,10-13H2,1H3. The summed E-state index contributed by atoms with van der Waals surface area (Å²) in [6.45, 7) is 4.40. The molecule has 0 aliphatic carbocycles. The molecule has 2 bridgehead atoms. The number of amides is 1. The van der Waals surface area contributed by atoms with E-state index in [1.807, 2.05) is 35.2 Å². The maximum Gasteiger partial charge on any atom is 0.279 e. The molecule has 1 aromatic heterocycles. The number of carbonyl (C=O) groups excluding carboxylic acids is 1. The van der Waals surface area contributed by atoms with E-state index in [1.54, 1.807) is 18.3 Å². The lowest BCUT2D eigenvalue weighted by Crippen LogP contribution is -2.47. The Hall–Kier alpha value is -2.44. The SMILES string of the molecule is CC(=O)N1CC2CC1CN2Cc1cccc(Oc2nc3ccccc3s2)c1. The van der Waals surface area contributed by atoms with Gasteiger partial charge in [0.15, 0.2) is 0 Å². The Bertz CT molecular complexity index is 969. The molecule has 3 aromatic rings. The molecule has 1 amide bonds. The lowest BCUT2D eigenvalue weighted by Gasteiger charge is -2.33. The second-order valence-corrected chi connectivity index (χ2v) is 8.33. The van der Waals surface area contributed by atoms with Gasteiger partial charge in [-0.05, 0) is 36.2 Å². The monoisotopic (exact) mass is 379 g/mol. The zero-order valence-corrected chi connectivity index (χ0v) is 16.0. The summed E-state index contributed by atoms with van der Waals surface area (Å²) in [5, 5.41) is 0.672. The van der Waals surface area contributed by atoms with Crippen molar-refractivity contribution in [2.75, 3.05) is 13.1 Å². The molecule has 2 aromatic carbocycles. The third kappa shape index (κ3) is 3.19. The van der Waals surface area contributed by atoms with E-state index in [9.17, 15) is 4.79 Å². The molecule has 5 rings (SSSR count). The number of aromatic nitrogens is 1. The highest BCUT2D eigenvalue weighted by Crippen LogP contribution is 2.34. The van der Waals surface area contributed by atoms with Crippen molar-refractivity contribution in [3.05, 3.63) is 54.1 Å². The van der Waals surface area contributed by atoms with Gasteiger partial charge in [0, 0.05) is 38.6 Å². The van der Waals surface area contributed by atoms with Crippen molar-refractivity contribution in [3.63, 3.8) is 0 Å². The number of rotatable bonds is 4. The second-order valence-electron chi connectivity index (χ2n) is 7.34. The smallest absolute Gasteiger partial charge is 0.279 e. The fourth-order valence-electron chi connectivity index (χ4n) is 4.27. The third-order valence-electron chi connectivity index (χ3n) is 5.52. The van der Waals surface area contributed by atoms with Crippen LogP contribution in [0.15, 0.2) is 48.5 Å². The third-order valence-corrected chi connectivity index (χ3v) is 6.44. The average molecular weight is 379 g/mol. The summed E-state index contributed by atoms with van der Waals surface area (Å²) in [6, 6.07) is 17.2. The molecule has 0 radical (unpaired) electrons. The van der Waals surface area contributed by atoms with Crippen LogP contribution < -0.4 is 4.74 Å². The van der Waals surface area contributed by atoms with Crippen molar-refractivity contribution >= 4 is 27.5 Å². The topological polar surface area (TPSA) is 45.7 Å². The Labute approximate surface area is 162 Å². The lowest BCUT2D eigenvalue weighted by molar-refractivity contribution is -0.131. The first-order valence-electron chi connectivity index (χ1n) is 9.29. The molecule has 138 valence electrons. The van der Waals surface area contributed by atoms with E-state index in [0.717, 1.165) is 42.0 Å². The van der Waals surface area contributed by atoms with Crippen LogP contribution in [0.3, 0.4) is 0 Å². The van der Waals surface area contributed by atoms with Crippen LogP contribution in [0.4, 0.5) is 0 Å². The van der Waals surface area contributed by atoms with Crippen molar-refractivity contribution in [1.82, 2.24) is 14.8 Å². The molecular formula is C21H21N3O2S. The number of ether oxygens (including phenoxy) is 1. The zero-order chi connectivity index (χ0) is 18.4. The number of piperazine rings is 1. The van der Waals surface area contributed by atoms with E-state index in [2.05, 4.69) is 28.1 Å². The second kappa shape index (κ2) is 6.62. The van der Waals surface area contributed by atoms with Gasteiger partial charge in [0.05, 0.1) is 10.2 Å². The van der Waals surface area contributed by atoms with E-state index < -0.39 is 0 Å². The fraction of sp³-hybridized carbons (Fsp3) is 0.333. The van der Waals surface area contributed by atoms with E-state index >= 15 is 0 Å². The minimum absolute atomic E-state index is 0.202. The van der Waals surface area contributed by atoms with Crippen molar-refractivity contribution in [3.8, 4) is 10.9 Å². The average Bonchev–Trinajstić information content (AvgIpc) is 3.34. The molecule has 0 saturated carbocycles. The summed E-state index contributed by atoms with van der Waals surface area (Å²) in [4.78, 5) is 20.7. The summed E-state index contributed by atoms with van der Waals surface area (Å²) in [7, 11) is 0. The van der Waals surface area contributed by atoms with E-state index in [1.165, 1.54) is 5.56 Å².